The average molecular weight is 873 g/mol. The number of aromatic nitrogens is 4. The number of halogens is 4. The fourth-order valence-electron chi connectivity index (χ4n) is 5.92. The van der Waals surface area contributed by atoms with Gasteiger partial charge >= 0.3 is 10.4 Å². The molecule has 10 N–H and O–H groups in total. The Morgan fingerprint density at radius 1 is 0.474 bits per heavy atom. The predicted molar refractivity (Wildman–Crippen MR) is 233 cm³/mol. The molecule has 0 unspecified atom stereocenters. The van der Waals surface area contributed by atoms with Crippen molar-refractivity contribution in [2.45, 2.75) is 51.4 Å². The normalized spacial score (nSPS) is 10.9. The summed E-state index contributed by atoms with van der Waals surface area (Å²) in [5.41, 5.74) is 31.4. The van der Waals surface area contributed by atoms with Crippen LogP contribution in [0, 0.1) is 0 Å². The second-order valence-corrected chi connectivity index (χ2v) is 15.2. The van der Waals surface area contributed by atoms with Crippen LogP contribution in [0.25, 0.3) is 22.3 Å². The van der Waals surface area contributed by atoms with Crippen LogP contribution < -0.4 is 22.9 Å². The van der Waals surface area contributed by atoms with Crippen molar-refractivity contribution in [2.24, 2.45) is 0 Å². The molecular weight excluding hydrogens is 830 g/mol. The predicted octanol–water partition coefficient (Wildman–Crippen LogP) is 9.71. The molecule has 300 valence electrons. The minimum Gasteiger partial charge on any atom is -0.383 e. The Morgan fingerprint density at radius 3 is 1.14 bits per heavy atom. The summed E-state index contributed by atoms with van der Waals surface area (Å²) in [6, 6.07) is 31.6. The molecule has 12 nitrogen and oxygen atoms in total. The minimum absolute atomic E-state index is 0.185. The molecular formula is C40H42Cl4N8O4S. The van der Waals surface area contributed by atoms with Crippen LogP contribution in [0.1, 0.15) is 48.2 Å². The first-order chi connectivity index (χ1) is 27.1. The number of rotatable bonds is 12. The largest absolute Gasteiger partial charge is 0.394 e. The molecule has 0 saturated carbocycles. The number of aryl methyl sites for hydroxylation is 4. The SMILES string of the molecule is Nc1nc(N)c(-c2ccc(Cl)c(Cl)c2)c(CCCCc2ccccc2)n1.Nc1nc(N)c(-c2ccc(Cl)c(Cl)c2)c(CCCCc2ccccc2)n1.O=S(=O)(O)O. The van der Waals surface area contributed by atoms with Crippen LogP contribution in [-0.2, 0) is 36.1 Å². The van der Waals surface area contributed by atoms with E-state index in [9.17, 15) is 0 Å². The number of unbranched alkanes of at least 4 members (excludes halogenated alkanes) is 2. The lowest BCUT2D eigenvalue weighted by molar-refractivity contribution is 0.381. The van der Waals surface area contributed by atoms with Crippen LogP contribution in [0.5, 0.6) is 0 Å². The van der Waals surface area contributed by atoms with Crippen molar-refractivity contribution in [3.05, 3.63) is 140 Å². The number of benzene rings is 4. The summed E-state index contributed by atoms with van der Waals surface area (Å²) in [6.07, 6.45) is 7.62. The van der Waals surface area contributed by atoms with E-state index in [0.717, 1.165) is 85.0 Å². The van der Waals surface area contributed by atoms with Gasteiger partial charge in [0.15, 0.2) is 0 Å². The fourth-order valence-corrected chi connectivity index (χ4v) is 6.52. The third-order valence-corrected chi connectivity index (χ3v) is 9.90. The van der Waals surface area contributed by atoms with Gasteiger partial charge in [-0.2, -0.15) is 18.4 Å². The molecule has 0 atom stereocenters. The van der Waals surface area contributed by atoms with Crippen molar-refractivity contribution >= 4 is 80.3 Å². The zero-order valence-corrected chi connectivity index (χ0v) is 34.5. The highest BCUT2D eigenvalue weighted by Crippen LogP contribution is 2.35. The molecule has 6 aromatic rings. The Labute approximate surface area is 352 Å². The lowest BCUT2D eigenvalue weighted by Gasteiger charge is -2.13. The molecule has 0 aliphatic carbocycles. The first kappa shape index (κ1) is 45.0. The number of hydrogen-bond donors (Lipinski definition) is 6. The van der Waals surface area contributed by atoms with Crippen LogP contribution in [0.3, 0.4) is 0 Å². The fraction of sp³-hybridized carbons (Fsp3) is 0.200. The summed E-state index contributed by atoms with van der Waals surface area (Å²) < 4.78 is 31.6. The first-order valence-corrected chi connectivity index (χ1v) is 20.5. The molecule has 0 aliphatic heterocycles. The van der Waals surface area contributed by atoms with Gasteiger partial charge in [0.1, 0.15) is 11.6 Å². The van der Waals surface area contributed by atoms with Gasteiger partial charge in [-0.1, -0.05) is 119 Å². The van der Waals surface area contributed by atoms with Crippen molar-refractivity contribution in [3.63, 3.8) is 0 Å². The minimum atomic E-state index is -4.67. The standard InChI is InChI=1S/2C20H20Cl2N4.H2O4S/c2*21-15-11-10-14(12-16(15)22)18-17(25-20(24)26-19(18)23)9-5-4-8-13-6-2-1-3-7-13;1-5(2,3)4/h2*1-3,6-7,10-12H,4-5,8-9H2,(H4,23,24,25,26);(H2,1,2,3,4). The van der Waals surface area contributed by atoms with Gasteiger partial charge in [0.05, 0.1) is 31.5 Å². The van der Waals surface area contributed by atoms with Gasteiger partial charge in [0, 0.05) is 11.1 Å². The maximum Gasteiger partial charge on any atom is 0.394 e. The van der Waals surface area contributed by atoms with Gasteiger partial charge in [0.25, 0.3) is 0 Å². The Bertz CT molecular complexity index is 2200. The molecule has 0 saturated heterocycles. The topological polar surface area (TPSA) is 230 Å². The lowest BCUT2D eigenvalue weighted by Crippen LogP contribution is -2.07. The molecule has 6 rings (SSSR count). The quantitative estimate of drug-likeness (QED) is 0.0499. The summed E-state index contributed by atoms with van der Waals surface area (Å²) in [6.45, 7) is 0. The van der Waals surface area contributed by atoms with E-state index in [4.69, 9.17) is 86.9 Å². The molecule has 2 aromatic heterocycles. The number of nitrogens with two attached hydrogens (primary N) is 4. The highest BCUT2D eigenvalue weighted by atomic mass is 35.5. The molecule has 17 heteroatoms. The van der Waals surface area contributed by atoms with Crippen LogP contribution in [-0.4, -0.2) is 37.5 Å². The summed E-state index contributed by atoms with van der Waals surface area (Å²) in [4.78, 5) is 17.0. The van der Waals surface area contributed by atoms with E-state index in [1.54, 1.807) is 24.3 Å². The van der Waals surface area contributed by atoms with Crippen LogP contribution in [0.4, 0.5) is 23.5 Å². The van der Waals surface area contributed by atoms with Gasteiger partial charge in [-0.05, 0) is 97.9 Å². The summed E-state index contributed by atoms with van der Waals surface area (Å²) in [7, 11) is -4.67. The highest BCUT2D eigenvalue weighted by Gasteiger charge is 2.16. The summed E-state index contributed by atoms with van der Waals surface area (Å²) >= 11 is 24.4. The second kappa shape index (κ2) is 21.7. The van der Waals surface area contributed by atoms with E-state index in [1.165, 1.54) is 11.1 Å². The van der Waals surface area contributed by atoms with E-state index >= 15 is 0 Å². The molecule has 0 fully saturated rings. The van der Waals surface area contributed by atoms with Crippen molar-refractivity contribution in [2.75, 3.05) is 22.9 Å². The number of nitrogens with zero attached hydrogens (tertiary/aromatic N) is 4. The molecule has 57 heavy (non-hydrogen) atoms. The average Bonchev–Trinajstić information content (AvgIpc) is 3.14. The molecule has 2 heterocycles. The smallest absolute Gasteiger partial charge is 0.383 e. The van der Waals surface area contributed by atoms with Gasteiger partial charge in [0.2, 0.25) is 11.9 Å². The van der Waals surface area contributed by atoms with E-state index < -0.39 is 10.4 Å². The third-order valence-electron chi connectivity index (χ3n) is 8.42. The zero-order chi connectivity index (χ0) is 41.5. The Balaban J connectivity index is 0.000000226. The maximum atomic E-state index is 8.74. The zero-order valence-electron chi connectivity index (χ0n) is 30.6. The van der Waals surface area contributed by atoms with Crippen molar-refractivity contribution in [3.8, 4) is 22.3 Å². The van der Waals surface area contributed by atoms with E-state index in [0.29, 0.717) is 31.7 Å². The molecule has 0 spiro atoms. The van der Waals surface area contributed by atoms with Crippen LogP contribution in [0.2, 0.25) is 20.1 Å². The summed E-state index contributed by atoms with van der Waals surface area (Å²) in [5.74, 6) is 1.08. The third kappa shape index (κ3) is 14.9. The van der Waals surface area contributed by atoms with Gasteiger partial charge in [-0.15, -0.1) is 0 Å². The second-order valence-electron chi connectivity index (χ2n) is 12.7. The Hall–Kier alpha value is -4.73. The molecule has 0 radical (unpaired) electrons. The monoisotopic (exact) mass is 870 g/mol. The number of nitrogen functional groups attached to an aromatic ring is 4. The van der Waals surface area contributed by atoms with Gasteiger partial charge < -0.3 is 22.9 Å². The van der Waals surface area contributed by atoms with E-state index in [1.807, 2.05) is 24.3 Å². The van der Waals surface area contributed by atoms with Crippen LogP contribution in [0.15, 0.2) is 97.1 Å². The number of anilines is 4. The molecule has 0 aliphatic rings. The van der Waals surface area contributed by atoms with Crippen molar-refractivity contribution in [1.29, 1.82) is 0 Å². The van der Waals surface area contributed by atoms with Crippen molar-refractivity contribution < 1.29 is 17.5 Å². The lowest BCUT2D eigenvalue weighted by atomic mass is 10.00. The summed E-state index contributed by atoms with van der Waals surface area (Å²) in [5, 5.41) is 1.93. The molecule has 4 aromatic carbocycles. The van der Waals surface area contributed by atoms with Crippen LogP contribution >= 0.6 is 46.4 Å². The van der Waals surface area contributed by atoms with E-state index in [2.05, 4.69) is 68.5 Å². The first-order valence-electron chi connectivity index (χ1n) is 17.6. The van der Waals surface area contributed by atoms with Gasteiger partial charge in [-0.25, -0.2) is 9.97 Å². The van der Waals surface area contributed by atoms with E-state index in [-0.39, 0.29) is 11.9 Å². The Morgan fingerprint density at radius 2 is 0.807 bits per heavy atom. The molecule has 0 amide bonds. The maximum absolute atomic E-state index is 8.74. The van der Waals surface area contributed by atoms with Gasteiger partial charge in [-0.3, -0.25) is 9.11 Å². The Kier molecular flexibility index (Phi) is 17.1. The molecule has 0 bridgehead atoms. The number of hydrogen-bond acceptors (Lipinski definition) is 10. The highest BCUT2D eigenvalue weighted by molar-refractivity contribution is 7.79. The van der Waals surface area contributed by atoms with Crippen molar-refractivity contribution in [1.82, 2.24) is 19.9 Å².